The Bertz CT molecular complexity index is 702. The van der Waals surface area contributed by atoms with Crippen molar-refractivity contribution in [3.05, 3.63) is 35.0 Å². The number of nitrogens with one attached hydrogen (secondary N) is 1. The number of sulfonamides is 1. The number of hydrogen-bond acceptors (Lipinski definition) is 5. The molecule has 0 fully saturated rings. The van der Waals surface area contributed by atoms with Gasteiger partial charge >= 0.3 is 0 Å². The second-order valence-electron chi connectivity index (χ2n) is 3.79. The van der Waals surface area contributed by atoms with E-state index in [1.807, 2.05) is 0 Å². The summed E-state index contributed by atoms with van der Waals surface area (Å²) in [4.78, 5) is 12.5. The van der Waals surface area contributed by atoms with Crippen LogP contribution in [0.1, 0.15) is 15.4 Å². The lowest BCUT2D eigenvalue weighted by Crippen LogP contribution is -2.24. The summed E-state index contributed by atoms with van der Waals surface area (Å²) in [6, 6.07) is 4.64. The summed E-state index contributed by atoms with van der Waals surface area (Å²) in [6.07, 6.45) is 1.53. The summed E-state index contributed by atoms with van der Waals surface area (Å²) in [5.74, 6) is -0.273. The molecule has 0 aliphatic heterocycles. The fourth-order valence-electron chi connectivity index (χ4n) is 1.46. The molecular weight excluding hydrogens is 288 g/mol. The van der Waals surface area contributed by atoms with Crippen molar-refractivity contribution in [2.24, 2.45) is 12.2 Å². The van der Waals surface area contributed by atoms with Crippen LogP contribution in [0.15, 0.2) is 28.6 Å². The molecule has 2 heterocycles. The number of hydrogen-bond donors (Lipinski definition) is 2. The molecule has 0 saturated carbocycles. The summed E-state index contributed by atoms with van der Waals surface area (Å²) < 4.78 is 23.7. The Hall–Kier alpha value is -1.71. The summed E-state index contributed by atoms with van der Waals surface area (Å²) in [6.45, 7) is 0.240. The number of rotatable bonds is 4. The fraction of sp³-hybridized carbons (Fsp3) is 0.200. The number of aryl methyl sites for hydroxylation is 1. The lowest BCUT2D eigenvalue weighted by molar-refractivity contribution is 0.0942. The number of carbonyl (C=O) groups is 1. The highest BCUT2D eigenvalue weighted by atomic mass is 32.2. The zero-order valence-electron chi connectivity index (χ0n) is 10.0. The summed E-state index contributed by atoms with van der Waals surface area (Å²) >= 11 is 1.03. The highest BCUT2D eigenvalue weighted by Crippen LogP contribution is 2.20. The number of aromatic nitrogens is 2. The van der Waals surface area contributed by atoms with Crippen molar-refractivity contribution < 1.29 is 13.2 Å². The lowest BCUT2D eigenvalue weighted by atomic mass is 10.4. The molecule has 0 bridgehead atoms. The number of thiophene rings is 1. The van der Waals surface area contributed by atoms with Crippen molar-refractivity contribution in [2.45, 2.75) is 10.8 Å². The summed E-state index contributed by atoms with van der Waals surface area (Å²) in [5.41, 5.74) is 0.434. The van der Waals surface area contributed by atoms with Crippen LogP contribution >= 0.6 is 11.3 Å². The molecule has 0 atom stereocenters. The van der Waals surface area contributed by atoms with E-state index < -0.39 is 10.0 Å². The van der Waals surface area contributed by atoms with Gasteiger partial charge < -0.3 is 5.32 Å². The first kappa shape index (κ1) is 13.7. The van der Waals surface area contributed by atoms with E-state index in [1.54, 1.807) is 19.2 Å². The number of nitrogens with zero attached hydrogens (tertiary/aromatic N) is 2. The van der Waals surface area contributed by atoms with E-state index in [-0.39, 0.29) is 16.7 Å². The normalized spacial score (nSPS) is 11.5. The summed E-state index contributed by atoms with van der Waals surface area (Å²) in [7, 11) is -2.01. The average Bonchev–Trinajstić information content (AvgIpc) is 2.93. The molecule has 2 aromatic heterocycles. The smallest absolute Gasteiger partial charge is 0.269 e. The van der Waals surface area contributed by atoms with Crippen molar-refractivity contribution in [2.75, 3.05) is 0 Å². The Labute approximate surface area is 114 Å². The van der Waals surface area contributed by atoms with Crippen LogP contribution < -0.4 is 10.5 Å². The van der Waals surface area contributed by atoms with Crippen LogP contribution in [-0.2, 0) is 23.6 Å². The van der Waals surface area contributed by atoms with Gasteiger partial charge in [0.2, 0.25) is 10.0 Å². The van der Waals surface area contributed by atoms with E-state index >= 15 is 0 Å². The first-order chi connectivity index (χ1) is 8.88. The van der Waals surface area contributed by atoms with Crippen LogP contribution in [0, 0.1) is 0 Å². The topological polar surface area (TPSA) is 107 Å². The first-order valence-electron chi connectivity index (χ1n) is 5.25. The van der Waals surface area contributed by atoms with Gasteiger partial charge in [-0.25, -0.2) is 13.6 Å². The molecule has 19 heavy (non-hydrogen) atoms. The number of amides is 1. The van der Waals surface area contributed by atoms with Gasteiger partial charge in [0.25, 0.3) is 5.91 Å². The van der Waals surface area contributed by atoms with Crippen LogP contribution in [0.25, 0.3) is 0 Å². The molecule has 102 valence electrons. The summed E-state index contributed by atoms with van der Waals surface area (Å²) in [5, 5.41) is 11.6. The minimum atomic E-state index is -3.68. The van der Waals surface area contributed by atoms with E-state index in [1.165, 1.54) is 16.9 Å². The number of carbonyl (C=O) groups excluding carboxylic acids is 1. The van der Waals surface area contributed by atoms with Gasteiger partial charge in [-0.1, -0.05) is 0 Å². The standard InChI is InChI=1S/C10H12N4O3S2/c1-14-8(4-5-13-14)10(15)12-6-7-2-3-9(18-7)19(11,16)17/h2-5H,6H2,1H3,(H,12,15)(H2,11,16,17). The van der Waals surface area contributed by atoms with E-state index in [4.69, 9.17) is 5.14 Å². The van der Waals surface area contributed by atoms with E-state index in [0.29, 0.717) is 10.6 Å². The quantitative estimate of drug-likeness (QED) is 0.832. The second-order valence-corrected chi connectivity index (χ2v) is 6.75. The van der Waals surface area contributed by atoms with Gasteiger partial charge in [-0.2, -0.15) is 5.10 Å². The number of nitrogens with two attached hydrogens (primary N) is 1. The molecule has 9 heteroatoms. The van der Waals surface area contributed by atoms with Gasteiger partial charge in [-0.15, -0.1) is 11.3 Å². The molecule has 3 N–H and O–H groups in total. The SMILES string of the molecule is Cn1nccc1C(=O)NCc1ccc(S(N)(=O)=O)s1. The largest absolute Gasteiger partial charge is 0.346 e. The third kappa shape index (κ3) is 3.19. The van der Waals surface area contributed by atoms with Crippen molar-refractivity contribution in [3.63, 3.8) is 0 Å². The van der Waals surface area contributed by atoms with Gasteiger partial charge in [0.05, 0.1) is 6.54 Å². The predicted octanol–water partition coefficient (Wildman–Crippen LogP) is 0.0590. The third-order valence-corrected chi connectivity index (χ3v) is 4.92. The zero-order valence-corrected chi connectivity index (χ0v) is 11.7. The van der Waals surface area contributed by atoms with Gasteiger partial charge in [0.1, 0.15) is 9.90 Å². The van der Waals surface area contributed by atoms with Crippen LogP contribution in [0.4, 0.5) is 0 Å². The van der Waals surface area contributed by atoms with Gasteiger partial charge in [0.15, 0.2) is 0 Å². The maximum absolute atomic E-state index is 11.8. The van der Waals surface area contributed by atoms with E-state index in [2.05, 4.69) is 10.4 Å². The van der Waals surface area contributed by atoms with Gasteiger partial charge in [-0.3, -0.25) is 9.48 Å². The monoisotopic (exact) mass is 300 g/mol. The minimum Gasteiger partial charge on any atom is -0.346 e. The third-order valence-electron chi connectivity index (χ3n) is 2.39. The second kappa shape index (κ2) is 5.11. The molecule has 0 aromatic carbocycles. The molecule has 0 spiro atoms. The molecular formula is C10H12N4O3S2. The fourth-order valence-corrected chi connectivity index (χ4v) is 3.18. The van der Waals surface area contributed by atoms with Crippen LogP contribution in [-0.4, -0.2) is 24.1 Å². The van der Waals surface area contributed by atoms with Gasteiger partial charge in [-0.05, 0) is 18.2 Å². The Morgan fingerprint density at radius 1 is 1.47 bits per heavy atom. The molecule has 0 aliphatic rings. The molecule has 2 rings (SSSR count). The maximum atomic E-state index is 11.8. The minimum absolute atomic E-state index is 0.0808. The highest BCUT2D eigenvalue weighted by molar-refractivity contribution is 7.91. The van der Waals surface area contributed by atoms with E-state index in [0.717, 1.165) is 11.3 Å². The predicted molar refractivity (Wildman–Crippen MR) is 70.1 cm³/mol. The molecule has 0 radical (unpaired) electrons. The molecule has 0 unspecified atom stereocenters. The van der Waals surface area contributed by atoms with Crippen LogP contribution in [0.5, 0.6) is 0 Å². The Kier molecular flexibility index (Phi) is 3.69. The zero-order chi connectivity index (χ0) is 14.0. The molecule has 7 nitrogen and oxygen atoms in total. The molecule has 0 saturated heterocycles. The van der Waals surface area contributed by atoms with Gasteiger partial charge in [0, 0.05) is 18.1 Å². The Morgan fingerprint density at radius 2 is 2.21 bits per heavy atom. The molecule has 2 aromatic rings. The number of primary sulfonamides is 1. The van der Waals surface area contributed by atoms with Crippen molar-refractivity contribution in [3.8, 4) is 0 Å². The Morgan fingerprint density at radius 3 is 2.74 bits per heavy atom. The van der Waals surface area contributed by atoms with Crippen LogP contribution in [0.3, 0.4) is 0 Å². The first-order valence-corrected chi connectivity index (χ1v) is 7.62. The lowest BCUT2D eigenvalue weighted by Gasteiger charge is -2.03. The van der Waals surface area contributed by atoms with Crippen LogP contribution in [0.2, 0.25) is 0 Å². The van der Waals surface area contributed by atoms with Crippen molar-refractivity contribution in [1.82, 2.24) is 15.1 Å². The Balaban J connectivity index is 2.02. The van der Waals surface area contributed by atoms with E-state index in [9.17, 15) is 13.2 Å². The highest BCUT2D eigenvalue weighted by Gasteiger charge is 2.13. The maximum Gasteiger partial charge on any atom is 0.269 e. The van der Waals surface area contributed by atoms with Crippen molar-refractivity contribution >= 4 is 27.3 Å². The molecule has 0 aliphatic carbocycles. The van der Waals surface area contributed by atoms with Crippen molar-refractivity contribution in [1.29, 1.82) is 0 Å². The average molecular weight is 300 g/mol. The molecule has 1 amide bonds.